The van der Waals surface area contributed by atoms with Gasteiger partial charge in [-0.1, -0.05) is 6.07 Å². The normalized spacial score (nSPS) is 13.1. The minimum absolute atomic E-state index is 0.0941. The third-order valence-corrected chi connectivity index (χ3v) is 2.38. The first-order valence-electron chi connectivity index (χ1n) is 5.33. The first kappa shape index (κ1) is 15.2. The number of nitrogens with one attached hydrogen (secondary N) is 1. The Kier molecular flexibility index (Phi) is 5.11. The Labute approximate surface area is 107 Å². The van der Waals surface area contributed by atoms with Gasteiger partial charge in [-0.2, -0.15) is 13.2 Å². The highest BCUT2D eigenvalue weighted by Crippen LogP contribution is 2.25. The SMILES string of the molecule is COc1ccc(CNCC(C(=O)O)C(F)(F)F)cn1. The van der Waals surface area contributed by atoms with Crippen LogP contribution in [0.2, 0.25) is 0 Å². The van der Waals surface area contributed by atoms with Gasteiger partial charge in [0.05, 0.1) is 7.11 Å². The van der Waals surface area contributed by atoms with Crippen LogP contribution in [-0.4, -0.2) is 35.9 Å². The lowest BCUT2D eigenvalue weighted by atomic mass is 10.1. The van der Waals surface area contributed by atoms with Gasteiger partial charge >= 0.3 is 12.1 Å². The summed E-state index contributed by atoms with van der Waals surface area (Å²) in [6.07, 6.45) is -3.33. The van der Waals surface area contributed by atoms with Gasteiger partial charge in [0.2, 0.25) is 5.88 Å². The molecule has 106 valence electrons. The predicted octanol–water partition coefficient (Wildman–Crippen LogP) is 1.44. The highest BCUT2D eigenvalue weighted by atomic mass is 19.4. The van der Waals surface area contributed by atoms with E-state index in [0.29, 0.717) is 11.4 Å². The molecule has 0 aromatic carbocycles. The molecule has 1 heterocycles. The smallest absolute Gasteiger partial charge is 0.403 e. The van der Waals surface area contributed by atoms with Gasteiger partial charge in [-0.15, -0.1) is 0 Å². The van der Waals surface area contributed by atoms with E-state index in [9.17, 15) is 18.0 Å². The summed E-state index contributed by atoms with van der Waals surface area (Å²) in [7, 11) is 1.45. The van der Waals surface area contributed by atoms with Crippen molar-refractivity contribution in [3.8, 4) is 5.88 Å². The Morgan fingerprint density at radius 2 is 2.21 bits per heavy atom. The number of carboxylic acids is 1. The summed E-state index contributed by atoms with van der Waals surface area (Å²) in [6.45, 7) is -0.596. The minimum Gasteiger partial charge on any atom is -0.481 e. The lowest BCUT2D eigenvalue weighted by Gasteiger charge is -2.16. The maximum absolute atomic E-state index is 12.3. The quantitative estimate of drug-likeness (QED) is 0.824. The van der Waals surface area contributed by atoms with Gasteiger partial charge in [-0.3, -0.25) is 4.79 Å². The van der Waals surface area contributed by atoms with Gasteiger partial charge in [-0.05, 0) is 5.56 Å². The van der Waals surface area contributed by atoms with Crippen molar-refractivity contribution in [2.24, 2.45) is 5.92 Å². The first-order chi connectivity index (χ1) is 8.84. The number of ether oxygens (including phenoxy) is 1. The van der Waals surface area contributed by atoms with E-state index in [4.69, 9.17) is 9.84 Å². The van der Waals surface area contributed by atoms with E-state index in [1.165, 1.54) is 13.3 Å². The molecule has 0 spiro atoms. The fourth-order valence-corrected chi connectivity index (χ4v) is 1.34. The summed E-state index contributed by atoms with van der Waals surface area (Å²) in [5.41, 5.74) is 0.632. The highest BCUT2D eigenvalue weighted by molar-refractivity contribution is 5.71. The maximum atomic E-state index is 12.3. The number of hydrogen-bond acceptors (Lipinski definition) is 4. The van der Waals surface area contributed by atoms with Crippen LogP contribution in [0.1, 0.15) is 5.56 Å². The fourth-order valence-electron chi connectivity index (χ4n) is 1.34. The summed E-state index contributed by atoms with van der Waals surface area (Å²) >= 11 is 0. The Morgan fingerprint density at radius 3 is 2.63 bits per heavy atom. The average Bonchev–Trinajstić information content (AvgIpc) is 2.33. The number of alkyl halides is 3. The summed E-state index contributed by atoms with van der Waals surface area (Å²) in [4.78, 5) is 14.4. The zero-order valence-electron chi connectivity index (χ0n) is 10.1. The number of rotatable bonds is 6. The third-order valence-electron chi connectivity index (χ3n) is 2.38. The molecule has 0 bridgehead atoms. The number of methoxy groups -OCH3 is 1. The molecule has 0 aliphatic carbocycles. The van der Waals surface area contributed by atoms with Crippen LogP contribution in [0.15, 0.2) is 18.3 Å². The second-order valence-corrected chi connectivity index (χ2v) is 3.77. The van der Waals surface area contributed by atoms with Crippen LogP contribution in [0, 0.1) is 5.92 Å². The number of aliphatic carboxylic acids is 1. The van der Waals surface area contributed by atoms with Gasteiger partial charge in [0.15, 0.2) is 5.92 Å². The van der Waals surface area contributed by atoms with E-state index < -0.39 is 24.6 Å². The molecule has 1 aromatic rings. The molecule has 1 atom stereocenters. The highest BCUT2D eigenvalue weighted by Gasteiger charge is 2.44. The van der Waals surface area contributed by atoms with Crippen molar-refractivity contribution in [2.75, 3.05) is 13.7 Å². The Balaban J connectivity index is 2.50. The van der Waals surface area contributed by atoms with Crippen LogP contribution in [-0.2, 0) is 11.3 Å². The van der Waals surface area contributed by atoms with Gasteiger partial charge in [-0.25, -0.2) is 4.98 Å². The molecule has 8 heteroatoms. The van der Waals surface area contributed by atoms with Crippen molar-refractivity contribution in [1.82, 2.24) is 10.3 Å². The summed E-state index contributed by atoms with van der Waals surface area (Å²) in [5, 5.41) is 10.9. The third kappa shape index (κ3) is 4.74. The van der Waals surface area contributed by atoms with E-state index in [2.05, 4.69) is 10.3 Å². The molecule has 1 unspecified atom stereocenters. The topological polar surface area (TPSA) is 71.5 Å². The maximum Gasteiger partial charge on any atom is 0.403 e. The van der Waals surface area contributed by atoms with Gasteiger partial charge in [0, 0.05) is 25.4 Å². The first-order valence-corrected chi connectivity index (χ1v) is 5.33. The molecule has 0 saturated carbocycles. The fraction of sp³-hybridized carbons (Fsp3) is 0.455. The number of halogens is 3. The Hall–Kier alpha value is -1.83. The monoisotopic (exact) mass is 278 g/mol. The van der Waals surface area contributed by atoms with Crippen LogP contribution in [0.25, 0.3) is 0 Å². The predicted molar refractivity (Wildman–Crippen MR) is 59.7 cm³/mol. The summed E-state index contributed by atoms with van der Waals surface area (Å²) < 4.78 is 41.9. The zero-order valence-corrected chi connectivity index (χ0v) is 10.1. The lowest BCUT2D eigenvalue weighted by Crippen LogP contribution is -2.38. The second kappa shape index (κ2) is 6.37. The second-order valence-electron chi connectivity index (χ2n) is 3.77. The molecule has 0 radical (unpaired) electrons. The molecule has 19 heavy (non-hydrogen) atoms. The summed E-state index contributed by atoms with van der Waals surface area (Å²) in [5.74, 6) is -3.92. The van der Waals surface area contributed by atoms with Gasteiger partial charge < -0.3 is 15.2 Å². The van der Waals surface area contributed by atoms with Crippen molar-refractivity contribution in [1.29, 1.82) is 0 Å². The molecule has 5 nitrogen and oxygen atoms in total. The van der Waals surface area contributed by atoms with E-state index in [0.717, 1.165) is 0 Å². The number of carbonyl (C=O) groups is 1. The van der Waals surface area contributed by atoms with Crippen molar-refractivity contribution in [3.63, 3.8) is 0 Å². The Morgan fingerprint density at radius 1 is 1.53 bits per heavy atom. The number of pyridine rings is 1. The van der Waals surface area contributed by atoms with E-state index in [-0.39, 0.29) is 6.54 Å². The van der Waals surface area contributed by atoms with Crippen molar-refractivity contribution in [3.05, 3.63) is 23.9 Å². The molecule has 1 rings (SSSR count). The van der Waals surface area contributed by atoms with Crippen molar-refractivity contribution >= 4 is 5.97 Å². The number of hydrogen-bond donors (Lipinski definition) is 2. The largest absolute Gasteiger partial charge is 0.481 e. The minimum atomic E-state index is -4.77. The molecule has 0 saturated heterocycles. The van der Waals surface area contributed by atoms with Crippen LogP contribution in [0.5, 0.6) is 5.88 Å². The zero-order chi connectivity index (χ0) is 14.5. The lowest BCUT2D eigenvalue weighted by molar-refractivity contribution is -0.192. The molecule has 1 aromatic heterocycles. The Bertz CT molecular complexity index is 420. The molecular weight excluding hydrogens is 265 g/mol. The van der Waals surface area contributed by atoms with Crippen LogP contribution < -0.4 is 10.1 Å². The van der Waals surface area contributed by atoms with E-state index >= 15 is 0 Å². The standard InChI is InChI=1S/C11H13F3N2O3/c1-19-9-3-2-7(5-16-9)4-15-6-8(10(17)18)11(12,13)14/h2-3,5,8,15H,4,6H2,1H3,(H,17,18). The number of nitrogens with zero attached hydrogens (tertiary/aromatic N) is 1. The number of carboxylic acid groups (broad SMARTS) is 1. The van der Waals surface area contributed by atoms with Crippen LogP contribution >= 0.6 is 0 Å². The van der Waals surface area contributed by atoms with Crippen LogP contribution in [0.3, 0.4) is 0 Å². The molecular formula is C11H13F3N2O3. The molecule has 0 aliphatic rings. The summed E-state index contributed by atoms with van der Waals surface area (Å²) in [6, 6.07) is 3.19. The molecule has 0 fully saturated rings. The number of aromatic nitrogens is 1. The van der Waals surface area contributed by atoms with Gasteiger partial charge in [0.25, 0.3) is 0 Å². The molecule has 0 aliphatic heterocycles. The molecule has 2 N–H and O–H groups in total. The van der Waals surface area contributed by atoms with Crippen molar-refractivity contribution < 1.29 is 27.8 Å². The van der Waals surface area contributed by atoms with Gasteiger partial charge in [0.1, 0.15) is 0 Å². The van der Waals surface area contributed by atoms with E-state index in [1.54, 1.807) is 12.1 Å². The van der Waals surface area contributed by atoms with E-state index in [1.807, 2.05) is 0 Å². The van der Waals surface area contributed by atoms with Crippen LogP contribution in [0.4, 0.5) is 13.2 Å². The average molecular weight is 278 g/mol. The van der Waals surface area contributed by atoms with Crippen molar-refractivity contribution in [2.45, 2.75) is 12.7 Å². The molecule has 0 amide bonds.